The van der Waals surface area contributed by atoms with Crippen molar-refractivity contribution in [2.24, 2.45) is 0 Å². The van der Waals surface area contributed by atoms with Crippen molar-refractivity contribution in [3.05, 3.63) is 86.2 Å². The number of aliphatic hydroxyl groups is 2. The third kappa shape index (κ3) is 6.12. The smallest absolute Gasteiger partial charge is 0.321 e. The van der Waals surface area contributed by atoms with Gasteiger partial charge in [-0.05, 0) is 17.5 Å². The lowest BCUT2D eigenvalue weighted by Gasteiger charge is -2.17. The van der Waals surface area contributed by atoms with Crippen LogP contribution in [-0.2, 0) is 17.6 Å². The van der Waals surface area contributed by atoms with Gasteiger partial charge in [-0.25, -0.2) is 4.98 Å². The molecule has 1 aliphatic heterocycles. The van der Waals surface area contributed by atoms with E-state index in [1.807, 2.05) is 6.92 Å². The van der Waals surface area contributed by atoms with E-state index in [0.717, 1.165) is 11.1 Å². The average molecular weight is 581 g/mol. The van der Waals surface area contributed by atoms with Crippen LogP contribution in [0.4, 0.5) is 11.4 Å². The van der Waals surface area contributed by atoms with Gasteiger partial charge in [0.2, 0.25) is 5.88 Å². The summed E-state index contributed by atoms with van der Waals surface area (Å²) in [7, 11) is 0. The Balaban J connectivity index is 1.36. The molecular weight excluding hydrogens is 552 g/mol. The van der Waals surface area contributed by atoms with Gasteiger partial charge >= 0.3 is 6.01 Å². The molecule has 2 aromatic heterocycles. The summed E-state index contributed by atoms with van der Waals surface area (Å²) in [5.41, 5.74) is 2.15. The van der Waals surface area contributed by atoms with Gasteiger partial charge in [0.25, 0.3) is 11.4 Å². The van der Waals surface area contributed by atoms with Crippen LogP contribution in [0.15, 0.2) is 54.9 Å². The first-order chi connectivity index (χ1) is 20.2. The van der Waals surface area contributed by atoms with E-state index in [1.165, 1.54) is 35.2 Å². The summed E-state index contributed by atoms with van der Waals surface area (Å²) in [4.78, 5) is 34.1. The van der Waals surface area contributed by atoms with Gasteiger partial charge in [-0.15, -0.1) is 0 Å². The monoisotopic (exact) mass is 580 g/mol. The predicted molar refractivity (Wildman–Crippen MR) is 146 cm³/mol. The molecule has 0 spiro atoms. The lowest BCUT2D eigenvalue weighted by Crippen LogP contribution is -2.31. The molecule has 1 saturated heterocycles. The van der Waals surface area contributed by atoms with E-state index in [4.69, 9.17) is 14.2 Å². The molecule has 2 aromatic carbocycles. The summed E-state index contributed by atoms with van der Waals surface area (Å²) in [6.45, 7) is 2.15. The van der Waals surface area contributed by atoms with Crippen molar-refractivity contribution in [3.63, 3.8) is 0 Å². The first kappa shape index (κ1) is 28.8. The van der Waals surface area contributed by atoms with Gasteiger partial charge in [0.05, 0.1) is 35.5 Å². The van der Waals surface area contributed by atoms with Crippen molar-refractivity contribution in [1.29, 1.82) is 0 Å². The molecule has 5 rings (SSSR count). The van der Waals surface area contributed by atoms with Gasteiger partial charge in [0.1, 0.15) is 12.2 Å². The Labute approximate surface area is 238 Å². The van der Waals surface area contributed by atoms with Crippen molar-refractivity contribution in [3.8, 4) is 11.9 Å². The van der Waals surface area contributed by atoms with Crippen molar-refractivity contribution in [2.45, 2.75) is 50.7 Å². The molecule has 1 unspecified atom stereocenters. The summed E-state index contributed by atoms with van der Waals surface area (Å²) in [5, 5.41) is 42.9. The molecular formula is C27H28N6O9. The summed E-state index contributed by atoms with van der Waals surface area (Å²) >= 11 is 0. The number of benzene rings is 2. The first-order valence-electron chi connectivity index (χ1n) is 13.2. The highest BCUT2D eigenvalue weighted by Crippen LogP contribution is 2.34. The van der Waals surface area contributed by atoms with E-state index < -0.39 is 34.4 Å². The van der Waals surface area contributed by atoms with Crippen molar-refractivity contribution >= 4 is 22.5 Å². The highest BCUT2D eigenvalue weighted by molar-refractivity contribution is 5.77. The number of nitrogens with zero attached hydrogens (tertiary/aromatic N) is 6. The summed E-state index contributed by atoms with van der Waals surface area (Å²) < 4.78 is 19.1. The number of fused-ring (bicyclic) bond motifs is 1. The number of rotatable bonds is 12. The highest BCUT2D eigenvalue weighted by Gasteiger charge is 2.43. The SMILES string of the molecule is CC[C@H]1O[C@@H](n2cnc3c(OCCc4ccc([N+](=O)[O-])cc4)nc(OCCc4ccc([N+](=O)[O-])cc4)nc32)C(O)[C@H]1O. The van der Waals surface area contributed by atoms with Crippen LogP contribution in [-0.4, -0.2) is 71.1 Å². The molecule has 1 aliphatic rings. The second kappa shape index (κ2) is 12.4. The fourth-order valence-electron chi connectivity index (χ4n) is 4.61. The number of nitro benzene ring substituents is 2. The maximum Gasteiger partial charge on any atom is 0.321 e. The van der Waals surface area contributed by atoms with Gasteiger partial charge in [0.15, 0.2) is 17.4 Å². The van der Waals surface area contributed by atoms with Gasteiger partial charge in [-0.3, -0.25) is 24.8 Å². The minimum atomic E-state index is -1.22. The molecule has 15 nitrogen and oxygen atoms in total. The largest absolute Gasteiger partial charge is 0.476 e. The Morgan fingerprint density at radius 3 is 1.98 bits per heavy atom. The third-order valence-corrected chi connectivity index (χ3v) is 6.93. The van der Waals surface area contributed by atoms with Crippen molar-refractivity contribution < 1.29 is 34.3 Å². The quantitative estimate of drug-likeness (QED) is 0.184. The van der Waals surface area contributed by atoms with Gasteiger partial charge < -0.3 is 24.4 Å². The molecule has 15 heteroatoms. The van der Waals surface area contributed by atoms with Crippen LogP contribution in [0.3, 0.4) is 0 Å². The van der Waals surface area contributed by atoms with Crippen molar-refractivity contribution in [2.75, 3.05) is 13.2 Å². The number of aliphatic hydroxyl groups excluding tert-OH is 2. The topological polar surface area (TPSA) is 198 Å². The van der Waals surface area contributed by atoms with Crippen LogP contribution in [0.2, 0.25) is 0 Å². The van der Waals surface area contributed by atoms with E-state index in [9.17, 15) is 30.4 Å². The molecule has 2 N–H and O–H groups in total. The van der Waals surface area contributed by atoms with Crippen LogP contribution in [0.25, 0.3) is 11.2 Å². The molecule has 0 aliphatic carbocycles. The summed E-state index contributed by atoms with van der Waals surface area (Å²) in [6, 6.07) is 12.2. The number of ether oxygens (including phenoxy) is 3. The molecule has 0 radical (unpaired) electrons. The van der Waals surface area contributed by atoms with E-state index in [1.54, 1.807) is 24.3 Å². The Kier molecular flexibility index (Phi) is 8.51. The Morgan fingerprint density at radius 1 is 0.881 bits per heavy atom. The van der Waals surface area contributed by atoms with E-state index in [0.29, 0.717) is 19.3 Å². The number of hydrogen-bond donors (Lipinski definition) is 2. The third-order valence-electron chi connectivity index (χ3n) is 6.93. The Morgan fingerprint density at radius 2 is 1.45 bits per heavy atom. The molecule has 3 heterocycles. The number of non-ortho nitro benzene ring substituents is 2. The van der Waals surface area contributed by atoms with Gasteiger partial charge in [-0.2, -0.15) is 9.97 Å². The van der Waals surface area contributed by atoms with Gasteiger partial charge in [-0.1, -0.05) is 31.2 Å². The normalized spacial score (nSPS) is 20.1. The zero-order chi connectivity index (χ0) is 29.8. The molecule has 220 valence electrons. The number of imidazole rings is 1. The van der Waals surface area contributed by atoms with Crippen LogP contribution in [0.1, 0.15) is 30.7 Å². The Bertz CT molecular complexity index is 1560. The number of nitro groups is 2. The number of hydrogen-bond acceptors (Lipinski definition) is 12. The second-order valence-electron chi connectivity index (χ2n) is 9.63. The lowest BCUT2D eigenvalue weighted by atomic mass is 10.1. The maximum absolute atomic E-state index is 10.9. The van der Waals surface area contributed by atoms with E-state index >= 15 is 0 Å². The summed E-state index contributed by atoms with van der Waals surface area (Å²) in [6.07, 6.45) is -1.08. The maximum atomic E-state index is 10.9. The van der Waals surface area contributed by atoms with Crippen LogP contribution < -0.4 is 9.47 Å². The summed E-state index contributed by atoms with van der Waals surface area (Å²) in [5.74, 6) is 0.117. The molecule has 4 atom stereocenters. The first-order valence-corrected chi connectivity index (χ1v) is 13.2. The molecule has 1 fully saturated rings. The van der Waals surface area contributed by atoms with Crippen LogP contribution >= 0.6 is 0 Å². The zero-order valence-electron chi connectivity index (χ0n) is 22.5. The fourth-order valence-corrected chi connectivity index (χ4v) is 4.61. The second-order valence-corrected chi connectivity index (χ2v) is 9.63. The van der Waals surface area contributed by atoms with Crippen LogP contribution in [0.5, 0.6) is 11.9 Å². The standard InChI is InChI=1S/C27H28N6O9/c1-2-20-22(34)23(35)26(42-20)31-15-28-21-24(31)29-27(41-14-12-17-5-9-19(10-6-17)33(38)39)30-25(21)40-13-11-16-3-7-18(8-4-16)32(36)37/h3-10,15,20,22-23,26,34-35H,2,11-14H2,1H3/t20-,22+,23?,26-/m1/s1. The molecule has 42 heavy (non-hydrogen) atoms. The lowest BCUT2D eigenvalue weighted by molar-refractivity contribution is -0.385. The molecule has 4 aromatic rings. The fraction of sp³-hybridized carbons (Fsp3) is 0.370. The Hall–Kier alpha value is -4.73. The van der Waals surface area contributed by atoms with Crippen LogP contribution in [0, 0.1) is 20.2 Å². The van der Waals surface area contributed by atoms with E-state index in [-0.39, 0.29) is 47.6 Å². The van der Waals surface area contributed by atoms with E-state index in [2.05, 4.69) is 15.0 Å². The molecule has 0 saturated carbocycles. The number of aromatic nitrogens is 4. The average Bonchev–Trinajstić information content (AvgIpc) is 3.53. The molecule has 0 bridgehead atoms. The van der Waals surface area contributed by atoms with Gasteiger partial charge in [0, 0.05) is 37.1 Å². The predicted octanol–water partition coefficient (Wildman–Crippen LogP) is 2.91. The van der Waals surface area contributed by atoms with Crippen molar-refractivity contribution in [1.82, 2.24) is 19.5 Å². The minimum Gasteiger partial charge on any atom is -0.476 e. The highest BCUT2D eigenvalue weighted by atomic mass is 16.6. The minimum absolute atomic E-state index is 0.00927. The molecule has 0 amide bonds. The zero-order valence-corrected chi connectivity index (χ0v) is 22.5.